The molecule has 1 aromatic rings. The molecule has 250 valence electrons. The maximum Gasteiger partial charge on any atom is 0.338 e. The highest BCUT2D eigenvalue weighted by Gasteiger charge is 2.78. The Morgan fingerprint density at radius 3 is 2.20 bits per heavy atom. The minimum atomic E-state index is -2.15. The van der Waals surface area contributed by atoms with E-state index in [1.807, 2.05) is 0 Å². The van der Waals surface area contributed by atoms with Crippen molar-refractivity contribution in [2.24, 2.45) is 16.7 Å². The number of hydrogen-bond acceptors (Lipinski definition) is 12. The van der Waals surface area contributed by atoms with Gasteiger partial charge in [0.05, 0.1) is 29.6 Å². The van der Waals surface area contributed by atoms with Gasteiger partial charge in [-0.05, 0) is 37.1 Å². The minimum Gasteiger partial charge on any atom is -0.458 e. The topological polar surface area (TPSA) is 172 Å². The van der Waals surface area contributed by atoms with Gasteiger partial charge in [0, 0.05) is 38.5 Å². The third-order valence-electron chi connectivity index (χ3n) is 10.7. The summed E-state index contributed by atoms with van der Waals surface area (Å²) in [6, 6.07) is 8.03. The van der Waals surface area contributed by atoms with Crippen LogP contribution in [0.5, 0.6) is 0 Å². The predicted octanol–water partition coefficient (Wildman–Crippen LogP) is 2.61. The van der Waals surface area contributed by atoms with Crippen LogP contribution in [0.15, 0.2) is 41.5 Å². The van der Waals surface area contributed by atoms with Gasteiger partial charge >= 0.3 is 23.9 Å². The van der Waals surface area contributed by atoms with Crippen molar-refractivity contribution in [3.8, 4) is 0 Å². The van der Waals surface area contributed by atoms with Crippen molar-refractivity contribution in [3.63, 3.8) is 0 Å². The summed E-state index contributed by atoms with van der Waals surface area (Å²) in [5.74, 6) is -5.09. The first-order valence-electron chi connectivity index (χ1n) is 15.6. The van der Waals surface area contributed by atoms with Crippen molar-refractivity contribution < 1.29 is 57.9 Å². The van der Waals surface area contributed by atoms with Crippen molar-refractivity contribution in [1.82, 2.24) is 0 Å². The molecule has 0 spiro atoms. The zero-order valence-electron chi connectivity index (χ0n) is 27.2. The summed E-state index contributed by atoms with van der Waals surface area (Å²) in [5.41, 5.74) is -6.49. The van der Waals surface area contributed by atoms with Crippen LogP contribution in [0.2, 0.25) is 0 Å². The summed E-state index contributed by atoms with van der Waals surface area (Å²) in [4.78, 5) is 67.0. The van der Waals surface area contributed by atoms with Crippen molar-refractivity contribution in [2.45, 2.75) is 109 Å². The molecule has 2 saturated carbocycles. The van der Waals surface area contributed by atoms with E-state index in [1.54, 1.807) is 45.9 Å². The molecule has 0 radical (unpaired) electrons. The number of hydrogen-bond donors (Lipinski definition) is 2. The molecule has 2 bridgehead atoms. The van der Waals surface area contributed by atoms with E-state index in [0.29, 0.717) is 5.57 Å². The Bertz CT molecular complexity index is 1480. The summed E-state index contributed by atoms with van der Waals surface area (Å²) in [6.07, 6.45) is -7.28. The maximum atomic E-state index is 15.1. The molecule has 12 nitrogen and oxygen atoms in total. The van der Waals surface area contributed by atoms with Crippen LogP contribution in [0.25, 0.3) is 0 Å². The number of Topliss-reactive ketones (excluding diaryl/α,β-unsaturated/α-hetero) is 1. The van der Waals surface area contributed by atoms with E-state index in [9.17, 15) is 29.4 Å². The average Bonchev–Trinajstić information content (AvgIpc) is 2.98. The number of aliphatic hydroxyl groups is 2. The molecule has 1 aliphatic heterocycles. The zero-order chi connectivity index (χ0) is 34.0. The molecule has 0 aromatic heterocycles. The first-order valence-corrected chi connectivity index (χ1v) is 15.6. The molecule has 0 unspecified atom stereocenters. The maximum absolute atomic E-state index is 15.1. The molecular formula is C34H42O12. The zero-order valence-corrected chi connectivity index (χ0v) is 27.2. The van der Waals surface area contributed by atoms with Gasteiger partial charge in [0.1, 0.15) is 23.9 Å². The second kappa shape index (κ2) is 11.6. The number of carbonyl (C=O) groups is 5. The molecule has 5 rings (SSSR count). The molecule has 3 fully saturated rings. The standard InChI is InChI=1S/C34H42O12/c1-8-24(38)44-26-25-17(2)21(43-18(3)35)15-34(41,31(25,5)6)29(45-30(40)20-12-10-9-11-13-20)27-32(7,28(26)39)22(37)14-23-33(27,16-42-23)46-19(4)36/h9-13,21-23,26-27,29,37,41H,8,14-16H2,1-7H3/t21-,22-,23+,26+,27-,29-,32+,33-,34+/m0/s1. The number of carbonyl (C=O) groups excluding carboxylic acids is 5. The second-order valence-corrected chi connectivity index (χ2v) is 13.6. The van der Waals surface area contributed by atoms with Gasteiger partial charge in [-0.25, -0.2) is 4.79 Å². The number of benzene rings is 1. The Labute approximate surface area is 267 Å². The molecular weight excluding hydrogens is 600 g/mol. The molecule has 12 heteroatoms. The molecule has 2 N–H and O–H groups in total. The lowest BCUT2D eigenvalue weighted by molar-refractivity contribution is -0.346. The highest BCUT2D eigenvalue weighted by Crippen LogP contribution is 2.64. The van der Waals surface area contributed by atoms with Gasteiger partial charge < -0.3 is 33.9 Å². The Kier molecular flexibility index (Phi) is 8.49. The molecule has 1 heterocycles. The highest BCUT2D eigenvalue weighted by molar-refractivity contribution is 5.95. The van der Waals surface area contributed by atoms with E-state index in [0.717, 1.165) is 0 Å². The average molecular weight is 643 g/mol. The van der Waals surface area contributed by atoms with Gasteiger partial charge in [0.25, 0.3) is 0 Å². The van der Waals surface area contributed by atoms with E-state index in [1.165, 1.54) is 32.9 Å². The number of fused-ring (bicyclic) bond motifs is 5. The van der Waals surface area contributed by atoms with E-state index in [4.69, 9.17) is 23.7 Å². The fourth-order valence-corrected chi connectivity index (χ4v) is 8.27. The summed E-state index contributed by atoms with van der Waals surface area (Å²) < 4.78 is 29.6. The molecule has 1 saturated heterocycles. The molecule has 0 amide bonds. The van der Waals surface area contributed by atoms with E-state index >= 15 is 4.79 Å². The third kappa shape index (κ3) is 4.87. The fourth-order valence-electron chi connectivity index (χ4n) is 8.27. The molecule has 9 atom stereocenters. The van der Waals surface area contributed by atoms with Gasteiger partial charge in [-0.15, -0.1) is 0 Å². The van der Waals surface area contributed by atoms with Crippen LogP contribution < -0.4 is 0 Å². The van der Waals surface area contributed by atoms with E-state index in [-0.39, 0.29) is 37.0 Å². The summed E-state index contributed by atoms with van der Waals surface area (Å²) in [7, 11) is 0. The van der Waals surface area contributed by atoms with Crippen molar-refractivity contribution in [2.75, 3.05) is 6.61 Å². The van der Waals surface area contributed by atoms with Gasteiger partial charge in [-0.1, -0.05) is 39.0 Å². The van der Waals surface area contributed by atoms with E-state index in [2.05, 4.69) is 0 Å². The monoisotopic (exact) mass is 642 g/mol. The number of ether oxygens (including phenoxy) is 5. The minimum absolute atomic E-state index is 0.0819. The summed E-state index contributed by atoms with van der Waals surface area (Å²) >= 11 is 0. The smallest absolute Gasteiger partial charge is 0.338 e. The number of aliphatic hydroxyl groups excluding tert-OH is 1. The molecule has 3 aliphatic carbocycles. The largest absolute Gasteiger partial charge is 0.458 e. The normalized spacial score (nSPS) is 37.7. The first kappa shape index (κ1) is 33.7. The van der Waals surface area contributed by atoms with Crippen LogP contribution in [-0.4, -0.2) is 88.2 Å². The summed E-state index contributed by atoms with van der Waals surface area (Å²) in [5, 5.41) is 25.0. The van der Waals surface area contributed by atoms with Gasteiger partial charge in [0.2, 0.25) is 0 Å². The SMILES string of the molecule is CCC(=O)O[C@H]1C(=O)[C@@]2(C)[C@H]([C@H](OC(=O)c3ccccc3)[C@]3(O)C[C@H](OC(C)=O)C(C)=C1C3(C)C)[C@]1(OC(C)=O)CO[C@@H]1C[C@@H]2O. The van der Waals surface area contributed by atoms with Crippen LogP contribution in [-0.2, 0) is 42.9 Å². The quantitative estimate of drug-likeness (QED) is 0.264. The lowest BCUT2D eigenvalue weighted by Gasteiger charge is -2.67. The Balaban J connectivity index is 1.86. The van der Waals surface area contributed by atoms with Crippen LogP contribution >= 0.6 is 0 Å². The molecule has 1 aromatic carbocycles. The van der Waals surface area contributed by atoms with Gasteiger partial charge in [-0.2, -0.15) is 0 Å². The van der Waals surface area contributed by atoms with Crippen LogP contribution in [0.3, 0.4) is 0 Å². The molecule has 46 heavy (non-hydrogen) atoms. The Hall–Kier alpha value is -3.61. The van der Waals surface area contributed by atoms with Crippen LogP contribution in [0.1, 0.15) is 78.1 Å². The van der Waals surface area contributed by atoms with Crippen LogP contribution in [0, 0.1) is 16.7 Å². The van der Waals surface area contributed by atoms with E-state index < -0.39 is 88.1 Å². The number of rotatable bonds is 6. The Morgan fingerprint density at radius 1 is 1.00 bits per heavy atom. The lowest BCUT2D eigenvalue weighted by atomic mass is 9.44. The van der Waals surface area contributed by atoms with Gasteiger partial charge in [-0.3, -0.25) is 19.2 Å². The first-order chi connectivity index (χ1) is 21.5. The van der Waals surface area contributed by atoms with Crippen LogP contribution in [0.4, 0.5) is 0 Å². The number of ketones is 1. The number of esters is 4. The predicted molar refractivity (Wildman–Crippen MR) is 159 cm³/mol. The van der Waals surface area contributed by atoms with Crippen molar-refractivity contribution >= 4 is 29.7 Å². The van der Waals surface area contributed by atoms with Crippen molar-refractivity contribution in [3.05, 3.63) is 47.0 Å². The van der Waals surface area contributed by atoms with Crippen molar-refractivity contribution in [1.29, 1.82) is 0 Å². The fraction of sp³-hybridized carbons (Fsp3) is 0.618. The van der Waals surface area contributed by atoms with Gasteiger partial charge in [0.15, 0.2) is 17.5 Å². The third-order valence-corrected chi connectivity index (χ3v) is 10.7. The lowest BCUT2D eigenvalue weighted by Crippen LogP contribution is -2.82. The highest BCUT2D eigenvalue weighted by atomic mass is 16.6. The summed E-state index contributed by atoms with van der Waals surface area (Å²) in [6.45, 7) is 10.1. The molecule has 4 aliphatic rings. The Morgan fingerprint density at radius 2 is 1.65 bits per heavy atom. The second-order valence-electron chi connectivity index (χ2n) is 13.6.